The minimum Gasteiger partial charge on any atom is -0.302 e. The van der Waals surface area contributed by atoms with Crippen molar-refractivity contribution in [2.24, 2.45) is 0 Å². The average Bonchev–Trinajstić information content (AvgIpc) is 3.15. The Bertz CT molecular complexity index is 802. The van der Waals surface area contributed by atoms with E-state index in [4.69, 9.17) is 0 Å². The number of aryl methyl sites for hydroxylation is 1. The maximum atomic E-state index is 12.0. The van der Waals surface area contributed by atoms with E-state index in [9.17, 15) is 4.79 Å². The Morgan fingerprint density at radius 1 is 1.26 bits per heavy atom. The molecule has 6 heteroatoms. The molecule has 0 unspecified atom stereocenters. The van der Waals surface area contributed by atoms with Gasteiger partial charge in [-0.15, -0.1) is 22.7 Å². The van der Waals surface area contributed by atoms with Crippen LogP contribution in [0.3, 0.4) is 0 Å². The van der Waals surface area contributed by atoms with Crippen molar-refractivity contribution in [3.63, 3.8) is 0 Å². The second-order valence-electron chi connectivity index (χ2n) is 5.83. The number of aromatic nitrogens is 2. The smallest absolute Gasteiger partial charge is 0.226 e. The highest BCUT2D eigenvalue weighted by Crippen LogP contribution is 2.40. The van der Waals surface area contributed by atoms with E-state index in [1.165, 1.54) is 28.9 Å². The quantitative estimate of drug-likeness (QED) is 0.712. The molecule has 0 saturated heterocycles. The fourth-order valence-electron chi connectivity index (χ4n) is 2.52. The van der Waals surface area contributed by atoms with Crippen LogP contribution in [0.1, 0.15) is 42.3 Å². The number of nitrogens with one attached hydrogen (secondary N) is 1. The van der Waals surface area contributed by atoms with Gasteiger partial charge in [-0.3, -0.25) is 4.79 Å². The topological polar surface area (TPSA) is 54.9 Å². The fourth-order valence-corrected chi connectivity index (χ4v) is 4.34. The largest absolute Gasteiger partial charge is 0.302 e. The number of amides is 1. The number of para-hydroxylation sites is 1. The SMILES string of the molecule is O=C(CCCc1nc2ccccc2s1)Nc1nc(C2CC2)cs1. The summed E-state index contributed by atoms with van der Waals surface area (Å²) in [5, 5.41) is 6.81. The van der Waals surface area contributed by atoms with Crippen LogP contribution in [0.4, 0.5) is 5.13 Å². The Kier molecular flexibility index (Phi) is 4.10. The van der Waals surface area contributed by atoms with Crippen molar-refractivity contribution in [2.45, 2.75) is 38.0 Å². The Hall–Kier alpha value is -1.79. The molecule has 1 saturated carbocycles. The van der Waals surface area contributed by atoms with Gasteiger partial charge in [-0.05, 0) is 37.8 Å². The van der Waals surface area contributed by atoms with Gasteiger partial charge in [-0.25, -0.2) is 9.97 Å². The van der Waals surface area contributed by atoms with Crippen LogP contribution in [-0.4, -0.2) is 15.9 Å². The monoisotopic (exact) mass is 343 g/mol. The van der Waals surface area contributed by atoms with Crippen molar-refractivity contribution in [2.75, 3.05) is 5.32 Å². The summed E-state index contributed by atoms with van der Waals surface area (Å²) in [6.07, 6.45) is 4.64. The van der Waals surface area contributed by atoms with E-state index in [0.717, 1.165) is 34.2 Å². The number of fused-ring (bicyclic) bond motifs is 1. The van der Waals surface area contributed by atoms with E-state index in [0.29, 0.717) is 12.3 Å². The molecule has 0 spiro atoms. The zero-order chi connectivity index (χ0) is 15.6. The van der Waals surface area contributed by atoms with Crippen LogP contribution in [0.25, 0.3) is 10.2 Å². The van der Waals surface area contributed by atoms with Gasteiger partial charge in [0.15, 0.2) is 5.13 Å². The van der Waals surface area contributed by atoms with Crippen LogP contribution in [-0.2, 0) is 11.2 Å². The first-order valence-corrected chi connectivity index (χ1v) is 9.57. The lowest BCUT2D eigenvalue weighted by Crippen LogP contribution is -2.11. The lowest BCUT2D eigenvalue weighted by atomic mass is 10.2. The number of carbonyl (C=O) groups excluding carboxylic acids is 1. The van der Waals surface area contributed by atoms with E-state index in [1.807, 2.05) is 18.2 Å². The van der Waals surface area contributed by atoms with E-state index in [-0.39, 0.29) is 5.91 Å². The van der Waals surface area contributed by atoms with Crippen molar-refractivity contribution < 1.29 is 4.79 Å². The summed E-state index contributed by atoms with van der Waals surface area (Å²) in [4.78, 5) is 21.1. The molecule has 2 heterocycles. The molecule has 118 valence electrons. The standard InChI is InChI=1S/C17H17N3OS2/c21-15(20-17-19-13(10-22-17)11-8-9-11)6-3-7-16-18-12-4-1-2-5-14(12)23-16/h1-2,4-5,10-11H,3,6-9H2,(H,19,20,21). The Morgan fingerprint density at radius 3 is 2.96 bits per heavy atom. The minimum absolute atomic E-state index is 0.0443. The summed E-state index contributed by atoms with van der Waals surface area (Å²) in [6, 6.07) is 8.15. The molecule has 0 radical (unpaired) electrons. The van der Waals surface area contributed by atoms with Gasteiger partial charge in [0.1, 0.15) is 0 Å². The molecule has 1 aliphatic rings. The number of anilines is 1. The molecule has 1 aliphatic carbocycles. The van der Waals surface area contributed by atoms with Gasteiger partial charge in [0.2, 0.25) is 5.91 Å². The number of hydrogen-bond acceptors (Lipinski definition) is 5. The zero-order valence-electron chi connectivity index (χ0n) is 12.6. The normalized spacial score (nSPS) is 14.3. The van der Waals surface area contributed by atoms with E-state index in [1.54, 1.807) is 11.3 Å². The van der Waals surface area contributed by atoms with Crippen molar-refractivity contribution in [3.05, 3.63) is 40.3 Å². The lowest BCUT2D eigenvalue weighted by Gasteiger charge is -2.00. The van der Waals surface area contributed by atoms with E-state index >= 15 is 0 Å². The Labute approximate surface area is 142 Å². The molecule has 0 atom stereocenters. The van der Waals surface area contributed by atoms with Crippen LogP contribution in [0.5, 0.6) is 0 Å². The first-order chi connectivity index (χ1) is 11.3. The van der Waals surface area contributed by atoms with Gasteiger partial charge in [0, 0.05) is 17.7 Å². The number of benzene rings is 1. The molecule has 4 rings (SSSR count). The van der Waals surface area contributed by atoms with Crippen LogP contribution >= 0.6 is 22.7 Å². The van der Waals surface area contributed by atoms with Gasteiger partial charge in [-0.2, -0.15) is 0 Å². The number of thiazole rings is 2. The zero-order valence-corrected chi connectivity index (χ0v) is 14.3. The summed E-state index contributed by atoms with van der Waals surface area (Å²) in [5.74, 6) is 0.679. The molecule has 2 aromatic heterocycles. The molecule has 4 nitrogen and oxygen atoms in total. The maximum Gasteiger partial charge on any atom is 0.226 e. The van der Waals surface area contributed by atoms with Crippen molar-refractivity contribution in [1.82, 2.24) is 9.97 Å². The fraction of sp³-hybridized carbons (Fsp3) is 0.353. The number of carbonyl (C=O) groups is 1. The first-order valence-electron chi connectivity index (χ1n) is 7.87. The van der Waals surface area contributed by atoms with E-state index < -0.39 is 0 Å². The molecule has 3 aromatic rings. The molecular weight excluding hydrogens is 326 g/mol. The van der Waals surface area contributed by atoms with Crippen LogP contribution in [0, 0.1) is 0 Å². The number of rotatable bonds is 6. The summed E-state index contributed by atoms with van der Waals surface area (Å²) in [6.45, 7) is 0. The van der Waals surface area contributed by atoms with Crippen molar-refractivity contribution >= 4 is 43.9 Å². The third-order valence-electron chi connectivity index (χ3n) is 3.90. The maximum absolute atomic E-state index is 12.0. The van der Waals surface area contributed by atoms with Crippen LogP contribution < -0.4 is 5.32 Å². The third-order valence-corrected chi connectivity index (χ3v) is 5.77. The molecule has 0 aliphatic heterocycles. The number of hydrogen-bond donors (Lipinski definition) is 1. The highest BCUT2D eigenvalue weighted by molar-refractivity contribution is 7.18. The van der Waals surface area contributed by atoms with Crippen LogP contribution in [0.2, 0.25) is 0 Å². The third kappa shape index (κ3) is 3.59. The summed E-state index contributed by atoms with van der Waals surface area (Å²) in [7, 11) is 0. The van der Waals surface area contributed by atoms with Gasteiger partial charge < -0.3 is 5.32 Å². The highest BCUT2D eigenvalue weighted by Gasteiger charge is 2.26. The number of nitrogens with zero attached hydrogens (tertiary/aromatic N) is 2. The van der Waals surface area contributed by atoms with Crippen molar-refractivity contribution in [1.29, 1.82) is 0 Å². The van der Waals surface area contributed by atoms with Crippen LogP contribution in [0.15, 0.2) is 29.6 Å². The molecular formula is C17H17N3OS2. The second kappa shape index (κ2) is 6.37. The molecule has 1 aromatic carbocycles. The Morgan fingerprint density at radius 2 is 2.13 bits per heavy atom. The molecule has 0 bridgehead atoms. The Balaban J connectivity index is 1.27. The first kappa shape index (κ1) is 14.8. The minimum atomic E-state index is 0.0443. The summed E-state index contributed by atoms with van der Waals surface area (Å²) >= 11 is 3.24. The van der Waals surface area contributed by atoms with Gasteiger partial charge in [-0.1, -0.05) is 12.1 Å². The van der Waals surface area contributed by atoms with Gasteiger partial charge >= 0.3 is 0 Å². The van der Waals surface area contributed by atoms with E-state index in [2.05, 4.69) is 26.7 Å². The molecule has 23 heavy (non-hydrogen) atoms. The predicted octanol–water partition coefficient (Wildman–Crippen LogP) is 4.59. The molecule has 1 N–H and O–H groups in total. The average molecular weight is 343 g/mol. The highest BCUT2D eigenvalue weighted by atomic mass is 32.1. The predicted molar refractivity (Wildman–Crippen MR) is 95.3 cm³/mol. The molecule has 1 fully saturated rings. The van der Waals surface area contributed by atoms with Gasteiger partial charge in [0.05, 0.1) is 20.9 Å². The van der Waals surface area contributed by atoms with Crippen molar-refractivity contribution in [3.8, 4) is 0 Å². The molecule has 1 amide bonds. The summed E-state index contributed by atoms with van der Waals surface area (Å²) < 4.78 is 1.21. The second-order valence-corrected chi connectivity index (χ2v) is 7.80. The summed E-state index contributed by atoms with van der Waals surface area (Å²) in [5.41, 5.74) is 2.19. The van der Waals surface area contributed by atoms with Gasteiger partial charge in [0.25, 0.3) is 0 Å². The lowest BCUT2D eigenvalue weighted by molar-refractivity contribution is -0.116.